The summed E-state index contributed by atoms with van der Waals surface area (Å²) in [6, 6.07) is 59.8. The maximum Gasteiger partial charge on any atom is 0.160 e. The molecule has 1 aromatic heterocycles. The largest absolute Gasteiger partial charge is 0.228 e. The minimum Gasteiger partial charge on any atom is -0.228 e. The number of allylic oxidation sites excluding steroid dienone is 4. The molecule has 48 heavy (non-hydrogen) atoms. The summed E-state index contributed by atoms with van der Waals surface area (Å²) in [5, 5.41) is 0. The molecule has 228 valence electrons. The Labute approximate surface area is 282 Å². The van der Waals surface area contributed by atoms with Gasteiger partial charge in [0.15, 0.2) is 5.82 Å². The fourth-order valence-electron chi connectivity index (χ4n) is 6.47. The van der Waals surface area contributed by atoms with Gasteiger partial charge in [-0.05, 0) is 87.7 Å². The van der Waals surface area contributed by atoms with Gasteiger partial charge in [-0.1, -0.05) is 152 Å². The predicted octanol–water partition coefficient (Wildman–Crippen LogP) is 12.1. The van der Waals surface area contributed by atoms with Gasteiger partial charge < -0.3 is 0 Å². The van der Waals surface area contributed by atoms with Crippen molar-refractivity contribution in [2.24, 2.45) is 0 Å². The molecule has 2 nitrogen and oxygen atoms in total. The Hall–Kier alpha value is -6.12. The minimum absolute atomic E-state index is 0.704. The highest BCUT2D eigenvalue weighted by atomic mass is 14.9. The Morgan fingerprint density at radius 2 is 0.812 bits per heavy atom. The summed E-state index contributed by atoms with van der Waals surface area (Å²) in [6.45, 7) is 0. The van der Waals surface area contributed by atoms with Crippen molar-refractivity contribution in [1.82, 2.24) is 9.97 Å². The van der Waals surface area contributed by atoms with Crippen LogP contribution in [0.2, 0.25) is 0 Å². The fourth-order valence-corrected chi connectivity index (χ4v) is 6.47. The SMILES string of the molecule is C1=C(c2cccc(-c3cc(-c4ccccc4)cc(-c4nc(-c5ccccc5)cc(-c5ccccc5)n4)c3)c2)C=C(c2ccccc2)CC1. The van der Waals surface area contributed by atoms with Gasteiger partial charge in [0.2, 0.25) is 0 Å². The molecule has 0 fully saturated rings. The van der Waals surface area contributed by atoms with Crippen LogP contribution in [0.5, 0.6) is 0 Å². The van der Waals surface area contributed by atoms with E-state index >= 15 is 0 Å². The average molecular weight is 615 g/mol. The van der Waals surface area contributed by atoms with E-state index in [0.717, 1.165) is 63.2 Å². The highest BCUT2D eigenvalue weighted by Crippen LogP contribution is 2.36. The third kappa shape index (κ3) is 6.29. The molecular weight excluding hydrogens is 581 g/mol. The second-order valence-corrected chi connectivity index (χ2v) is 12.2. The molecule has 6 aromatic carbocycles. The first-order chi connectivity index (χ1) is 23.8. The lowest BCUT2D eigenvalue weighted by molar-refractivity contribution is 1.06. The molecule has 0 aliphatic heterocycles. The van der Waals surface area contributed by atoms with Crippen LogP contribution in [0, 0.1) is 0 Å². The van der Waals surface area contributed by atoms with Crippen LogP contribution in [0.1, 0.15) is 24.0 Å². The Bertz CT molecular complexity index is 2190. The molecular formula is C46H34N2. The quantitative estimate of drug-likeness (QED) is 0.178. The van der Waals surface area contributed by atoms with E-state index in [1.807, 2.05) is 12.1 Å². The van der Waals surface area contributed by atoms with E-state index in [-0.39, 0.29) is 0 Å². The van der Waals surface area contributed by atoms with Crippen LogP contribution in [0.4, 0.5) is 0 Å². The van der Waals surface area contributed by atoms with Crippen molar-refractivity contribution in [3.8, 4) is 56.2 Å². The smallest absolute Gasteiger partial charge is 0.160 e. The first kappa shape index (κ1) is 29.3. The number of hydrogen-bond acceptors (Lipinski definition) is 2. The monoisotopic (exact) mass is 614 g/mol. The highest BCUT2D eigenvalue weighted by Gasteiger charge is 2.15. The van der Waals surface area contributed by atoms with Crippen molar-refractivity contribution in [3.05, 3.63) is 193 Å². The van der Waals surface area contributed by atoms with Gasteiger partial charge in [-0.2, -0.15) is 0 Å². The van der Waals surface area contributed by atoms with Gasteiger partial charge in [0.05, 0.1) is 11.4 Å². The fraction of sp³-hybridized carbons (Fsp3) is 0.0435. The summed E-state index contributed by atoms with van der Waals surface area (Å²) in [6.07, 6.45) is 6.82. The van der Waals surface area contributed by atoms with E-state index < -0.39 is 0 Å². The van der Waals surface area contributed by atoms with Gasteiger partial charge in [0.1, 0.15) is 0 Å². The van der Waals surface area contributed by atoms with E-state index in [1.165, 1.54) is 22.3 Å². The van der Waals surface area contributed by atoms with Gasteiger partial charge >= 0.3 is 0 Å². The van der Waals surface area contributed by atoms with Crippen LogP contribution in [0.25, 0.3) is 67.3 Å². The van der Waals surface area contributed by atoms with Crippen molar-refractivity contribution in [1.29, 1.82) is 0 Å². The number of nitrogens with zero attached hydrogens (tertiary/aromatic N) is 2. The molecule has 2 heteroatoms. The third-order valence-corrected chi connectivity index (χ3v) is 8.95. The molecule has 1 aliphatic carbocycles. The lowest BCUT2D eigenvalue weighted by Gasteiger charge is -2.16. The zero-order chi connectivity index (χ0) is 32.1. The Morgan fingerprint density at radius 3 is 1.42 bits per heavy atom. The summed E-state index contributed by atoms with van der Waals surface area (Å²) in [5.74, 6) is 0.704. The number of aromatic nitrogens is 2. The second-order valence-electron chi connectivity index (χ2n) is 12.2. The molecule has 1 heterocycles. The Balaban J connectivity index is 1.26. The number of rotatable bonds is 7. The van der Waals surface area contributed by atoms with Crippen LogP contribution in [0.3, 0.4) is 0 Å². The van der Waals surface area contributed by atoms with E-state index in [9.17, 15) is 0 Å². The topological polar surface area (TPSA) is 25.8 Å². The molecule has 0 bridgehead atoms. The molecule has 0 unspecified atom stereocenters. The van der Waals surface area contributed by atoms with Crippen molar-refractivity contribution < 1.29 is 0 Å². The summed E-state index contributed by atoms with van der Waals surface area (Å²) in [4.78, 5) is 10.3. The molecule has 0 atom stereocenters. The van der Waals surface area contributed by atoms with Crippen molar-refractivity contribution >= 4 is 11.1 Å². The van der Waals surface area contributed by atoms with Crippen LogP contribution < -0.4 is 0 Å². The molecule has 0 N–H and O–H groups in total. The maximum absolute atomic E-state index is 5.17. The van der Waals surface area contributed by atoms with Crippen molar-refractivity contribution in [2.75, 3.05) is 0 Å². The van der Waals surface area contributed by atoms with Crippen LogP contribution in [-0.2, 0) is 0 Å². The number of hydrogen-bond donors (Lipinski definition) is 0. The summed E-state index contributed by atoms with van der Waals surface area (Å²) < 4.78 is 0. The maximum atomic E-state index is 5.17. The first-order valence-corrected chi connectivity index (χ1v) is 16.5. The predicted molar refractivity (Wildman–Crippen MR) is 201 cm³/mol. The summed E-state index contributed by atoms with van der Waals surface area (Å²) >= 11 is 0. The van der Waals surface area contributed by atoms with Gasteiger partial charge in [-0.25, -0.2) is 9.97 Å². The first-order valence-electron chi connectivity index (χ1n) is 16.5. The summed E-state index contributed by atoms with van der Waals surface area (Å²) in [7, 11) is 0. The van der Waals surface area contributed by atoms with Crippen molar-refractivity contribution in [2.45, 2.75) is 12.8 Å². The van der Waals surface area contributed by atoms with Gasteiger partial charge in [-0.3, -0.25) is 0 Å². The lowest BCUT2D eigenvalue weighted by Crippen LogP contribution is -1.97. The zero-order valence-electron chi connectivity index (χ0n) is 26.6. The molecule has 0 radical (unpaired) electrons. The molecule has 8 rings (SSSR count). The summed E-state index contributed by atoms with van der Waals surface area (Å²) in [5.41, 5.74) is 14.7. The second kappa shape index (κ2) is 13.3. The molecule has 0 spiro atoms. The molecule has 0 saturated carbocycles. The van der Waals surface area contributed by atoms with E-state index in [1.54, 1.807) is 0 Å². The number of benzene rings is 6. The molecule has 0 amide bonds. The molecule has 0 saturated heterocycles. The van der Waals surface area contributed by atoms with Crippen LogP contribution in [-0.4, -0.2) is 9.97 Å². The van der Waals surface area contributed by atoms with Crippen molar-refractivity contribution in [3.63, 3.8) is 0 Å². The molecule has 7 aromatic rings. The van der Waals surface area contributed by atoms with Gasteiger partial charge in [0, 0.05) is 16.7 Å². The van der Waals surface area contributed by atoms with Gasteiger partial charge in [0.25, 0.3) is 0 Å². The van der Waals surface area contributed by atoms with E-state index in [0.29, 0.717) is 5.82 Å². The highest BCUT2D eigenvalue weighted by molar-refractivity contribution is 5.88. The standard InChI is InChI=1S/C46H34N2/c1-5-15-33(16-6-1)37-23-13-24-38(27-37)39-25-14-26-40(28-39)42-29-41(34-17-7-2-8-18-34)30-43(31-42)46-47-44(35-19-9-3-10-20-35)32-45(48-46)36-21-11-4-12-22-36/h1-12,14-22,24-32H,13,23H2. The molecule has 1 aliphatic rings. The minimum atomic E-state index is 0.704. The normalized spacial score (nSPS) is 12.7. The van der Waals surface area contributed by atoms with E-state index in [4.69, 9.17) is 9.97 Å². The van der Waals surface area contributed by atoms with Gasteiger partial charge in [-0.15, -0.1) is 0 Å². The third-order valence-electron chi connectivity index (χ3n) is 8.95. The zero-order valence-corrected chi connectivity index (χ0v) is 26.6. The van der Waals surface area contributed by atoms with Crippen LogP contribution in [0.15, 0.2) is 182 Å². The van der Waals surface area contributed by atoms with E-state index in [2.05, 4.69) is 170 Å². The Morgan fingerprint density at radius 1 is 0.354 bits per heavy atom. The Kier molecular flexibility index (Phi) is 8.13. The average Bonchev–Trinajstić information content (AvgIpc) is 3.19. The lowest BCUT2D eigenvalue weighted by atomic mass is 9.89. The van der Waals surface area contributed by atoms with Crippen LogP contribution >= 0.6 is 0 Å².